The van der Waals surface area contributed by atoms with Gasteiger partial charge in [0.2, 0.25) is 0 Å². The Morgan fingerprint density at radius 3 is 2.89 bits per heavy atom. The van der Waals surface area contributed by atoms with Gasteiger partial charge in [-0.25, -0.2) is 0 Å². The largest absolute Gasteiger partial charge is 0.391 e. The maximum Gasteiger partial charge on any atom is 0.0723 e. The molecule has 0 spiro atoms. The highest BCUT2D eigenvalue weighted by Gasteiger charge is 2.13. The van der Waals surface area contributed by atoms with E-state index >= 15 is 0 Å². The maximum atomic E-state index is 9.07. The van der Waals surface area contributed by atoms with E-state index < -0.39 is 0 Å². The third-order valence-corrected chi connectivity index (χ3v) is 1.58. The van der Waals surface area contributed by atoms with E-state index in [1.807, 2.05) is 4.90 Å². The SMILES string of the molecule is C#CN1CCCC(O)C1. The van der Waals surface area contributed by atoms with E-state index in [2.05, 4.69) is 6.04 Å². The number of rotatable bonds is 0. The van der Waals surface area contributed by atoms with E-state index in [-0.39, 0.29) is 6.10 Å². The fourth-order valence-corrected chi connectivity index (χ4v) is 1.07. The minimum absolute atomic E-state index is 0.199. The van der Waals surface area contributed by atoms with E-state index in [1.54, 1.807) is 0 Å². The molecule has 2 nitrogen and oxygen atoms in total. The fraction of sp³-hybridized carbons (Fsp3) is 0.714. The van der Waals surface area contributed by atoms with Crippen LogP contribution < -0.4 is 0 Å². The second-order valence-electron chi connectivity index (χ2n) is 2.37. The average Bonchev–Trinajstić information content (AvgIpc) is 1.88. The molecule has 0 aromatic heterocycles. The number of hydrogen-bond acceptors (Lipinski definition) is 2. The van der Waals surface area contributed by atoms with Gasteiger partial charge in [0.15, 0.2) is 0 Å². The van der Waals surface area contributed by atoms with Gasteiger partial charge >= 0.3 is 0 Å². The summed E-state index contributed by atoms with van der Waals surface area (Å²) in [6.07, 6.45) is 6.85. The number of terminal acetylenes is 1. The smallest absolute Gasteiger partial charge is 0.0723 e. The van der Waals surface area contributed by atoms with Crippen LogP contribution in [0, 0.1) is 12.5 Å². The zero-order valence-electron chi connectivity index (χ0n) is 5.38. The lowest BCUT2D eigenvalue weighted by Crippen LogP contribution is -2.34. The van der Waals surface area contributed by atoms with Crippen molar-refractivity contribution in [3.8, 4) is 12.5 Å². The van der Waals surface area contributed by atoms with Crippen molar-refractivity contribution in [2.75, 3.05) is 13.1 Å². The zero-order valence-corrected chi connectivity index (χ0v) is 5.38. The Morgan fingerprint density at radius 2 is 2.44 bits per heavy atom. The molecule has 2 heteroatoms. The van der Waals surface area contributed by atoms with Crippen molar-refractivity contribution < 1.29 is 5.11 Å². The summed E-state index contributed by atoms with van der Waals surface area (Å²) in [5.74, 6) is 0. The second kappa shape index (κ2) is 2.75. The molecule has 1 aliphatic rings. The number of piperidine rings is 1. The van der Waals surface area contributed by atoms with Crippen LogP contribution in [0.5, 0.6) is 0 Å². The summed E-state index contributed by atoms with van der Waals surface area (Å²) in [4.78, 5) is 1.81. The molecule has 0 aromatic rings. The third-order valence-electron chi connectivity index (χ3n) is 1.58. The lowest BCUT2D eigenvalue weighted by Gasteiger charge is -2.26. The van der Waals surface area contributed by atoms with Crippen molar-refractivity contribution >= 4 is 0 Å². The van der Waals surface area contributed by atoms with Crippen LogP contribution in [-0.4, -0.2) is 29.2 Å². The quantitative estimate of drug-likeness (QED) is 0.462. The lowest BCUT2D eigenvalue weighted by atomic mass is 10.1. The van der Waals surface area contributed by atoms with Crippen LogP contribution in [0.2, 0.25) is 0 Å². The molecule has 0 bridgehead atoms. The van der Waals surface area contributed by atoms with Crippen LogP contribution in [0.15, 0.2) is 0 Å². The molecule has 50 valence electrons. The van der Waals surface area contributed by atoms with Gasteiger partial charge in [-0.05, 0) is 12.8 Å². The number of β-amino-alcohol motifs (C(OH)–C–C–N with tert-alkyl or cyclic N) is 1. The molecule has 1 atom stereocenters. The van der Waals surface area contributed by atoms with Gasteiger partial charge in [0.05, 0.1) is 12.6 Å². The van der Waals surface area contributed by atoms with E-state index in [0.717, 1.165) is 19.4 Å². The van der Waals surface area contributed by atoms with E-state index in [1.165, 1.54) is 0 Å². The third kappa shape index (κ3) is 1.62. The second-order valence-corrected chi connectivity index (χ2v) is 2.37. The molecule has 1 N–H and O–H groups in total. The number of aliphatic hydroxyl groups is 1. The van der Waals surface area contributed by atoms with Gasteiger partial charge in [-0.1, -0.05) is 6.42 Å². The van der Waals surface area contributed by atoms with Gasteiger partial charge in [0.1, 0.15) is 0 Å². The Hall–Kier alpha value is -0.680. The molecule has 0 amide bonds. The first-order valence-electron chi connectivity index (χ1n) is 3.22. The Labute approximate surface area is 55.5 Å². The van der Waals surface area contributed by atoms with Gasteiger partial charge in [-0.2, -0.15) is 0 Å². The highest BCUT2D eigenvalue weighted by Crippen LogP contribution is 2.07. The molecular formula is C7H11NO. The molecular weight excluding hydrogens is 114 g/mol. The van der Waals surface area contributed by atoms with Gasteiger partial charge < -0.3 is 10.0 Å². The maximum absolute atomic E-state index is 9.07. The normalized spacial score (nSPS) is 27.6. The van der Waals surface area contributed by atoms with E-state index in [0.29, 0.717) is 6.54 Å². The average molecular weight is 125 g/mol. The van der Waals surface area contributed by atoms with Crippen LogP contribution in [-0.2, 0) is 0 Å². The molecule has 1 heterocycles. The van der Waals surface area contributed by atoms with E-state index in [4.69, 9.17) is 11.5 Å². The van der Waals surface area contributed by atoms with Crippen LogP contribution in [0.3, 0.4) is 0 Å². The van der Waals surface area contributed by atoms with Crippen molar-refractivity contribution in [1.82, 2.24) is 4.90 Å². The summed E-state index contributed by atoms with van der Waals surface area (Å²) < 4.78 is 0. The summed E-state index contributed by atoms with van der Waals surface area (Å²) in [6, 6.07) is 2.51. The Morgan fingerprint density at radius 1 is 1.67 bits per heavy atom. The van der Waals surface area contributed by atoms with Gasteiger partial charge in [-0.3, -0.25) is 0 Å². The highest BCUT2D eigenvalue weighted by atomic mass is 16.3. The Balaban J connectivity index is 2.34. The first-order chi connectivity index (χ1) is 4.33. The van der Waals surface area contributed by atoms with Crippen LogP contribution in [0.1, 0.15) is 12.8 Å². The first-order valence-corrected chi connectivity index (χ1v) is 3.22. The summed E-state index contributed by atoms with van der Waals surface area (Å²) in [5.41, 5.74) is 0. The lowest BCUT2D eigenvalue weighted by molar-refractivity contribution is 0.0988. The minimum atomic E-state index is -0.199. The molecule has 1 saturated heterocycles. The predicted octanol–water partition coefficient (Wildman–Crippen LogP) is 0.0338. The standard InChI is InChI=1S/C7H11NO/c1-2-8-5-3-4-7(9)6-8/h1,7,9H,3-6H2. The molecule has 0 aromatic carbocycles. The number of hydrogen-bond donors (Lipinski definition) is 1. The van der Waals surface area contributed by atoms with Crippen LogP contribution in [0.25, 0.3) is 0 Å². The molecule has 1 rings (SSSR count). The molecule has 1 fully saturated rings. The highest BCUT2D eigenvalue weighted by molar-refractivity contribution is 4.88. The van der Waals surface area contributed by atoms with Crippen molar-refractivity contribution in [2.45, 2.75) is 18.9 Å². The van der Waals surface area contributed by atoms with Crippen molar-refractivity contribution in [2.24, 2.45) is 0 Å². The molecule has 9 heavy (non-hydrogen) atoms. The summed E-state index contributed by atoms with van der Waals surface area (Å²) >= 11 is 0. The predicted molar refractivity (Wildman–Crippen MR) is 35.6 cm³/mol. The number of likely N-dealkylation sites (tertiary alicyclic amines) is 1. The topological polar surface area (TPSA) is 23.5 Å². The molecule has 0 radical (unpaired) electrons. The summed E-state index contributed by atoms with van der Waals surface area (Å²) in [7, 11) is 0. The summed E-state index contributed by atoms with van der Waals surface area (Å²) in [6.45, 7) is 1.59. The van der Waals surface area contributed by atoms with Gasteiger partial charge in [0.25, 0.3) is 0 Å². The zero-order chi connectivity index (χ0) is 6.69. The van der Waals surface area contributed by atoms with Crippen LogP contribution in [0.4, 0.5) is 0 Å². The fourth-order valence-electron chi connectivity index (χ4n) is 1.07. The van der Waals surface area contributed by atoms with Crippen molar-refractivity contribution in [1.29, 1.82) is 0 Å². The molecule has 0 saturated carbocycles. The van der Waals surface area contributed by atoms with Crippen LogP contribution >= 0.6 is 0 Å². The molecule has 1 unspecified atom stereocenters. The Bertz CT molecular complexity index is 127. The van der Waals surface area contributed by atoms with E-state index in [9.17, 15) is 0 Å². The first kappa shape index (κ1) is 6.44. The number of nitrogens with zero attached hydrogens (tertiary/aromatic N) is 1. The molecule has 1 aliphatic heterocycles. The summed E-state index contributed by atoms with van der Waals surface area (Å²) in [5, 5.41) is 9.07. The molecule has 0 aliphatic carbocycles. The van der Waals surface area contributed by atoms with Crippen molar-refractivity contribution in [3.63, 3.8) is 0 Å². The minimum Gasteiger partial charge on any atom is -0.391 e. The van der Waals surface area contributed by atoms with Gasteiger partial charge in [0, 0.05) is 12.6 Å². The van der Waals surface area contributed by atoms with Crippen molar-refractivity contribution in [3.05, 3.63) is 0 Å². The van der Waals surface area contributed by atoms with Gasteiger partial charge in [-0.15, -0.1) is 0 Å². The monoisotopic (exact) mass is 125 g/mol. The Kier molecular flexibility index (Phi) is 1.96. The number of aliphatic hydroxyl groups excluding tert-OH is 1.